The van der Waals surface area contributed by atoms with E-state index in [1.807, 2.05) is 20.1 Å². The Bertz CT molecular complexity index is 616. The van der Waals surface area contributed by atoms with E-state index >= 15 is 0 Å². The molecule has 0 spiro atoms. The van der Waals surface area contributed by atoms with Gasteiger partial charge in [0.05, 0.1) is 6.04 Å². The molecule has 26 heavy (non-hydrogen) atoms. The molecule has 1 unspecified atom stereocenters. The van der Waals surface area contributed by atoms with Crippen LogP contribution >= 0.6 is 11.8 Å². The molecule has 144 valence electrons. The van der Waals surface area contributed by atoms with Crippen molar-refractivity contribution in [1.29, 1.82) is 0 Å². The molecule has 0 fully saturated rings. The van der Waals surface area contributed by atoms with Gasteiger partial charge in [-0.3, -0.25) is 14.4 Å². The zero-order valence-corrected chi connectivity index (χ0v) is 16.6. The Labute approximate surface area is 159 Å². The fourth-order valence-electron chi connectivity index (χ4n) is 2.43. The van der Waals surface area contributed by atoms with Crippen molar-refractivity contribution >= 4 is 29.4 Å². The number of hydrogen-bond acceptors (Lipinski definition) is 5. The molecule has 0 aliphatic heterocycles. The number of amides is 1. The van der Waals surface area contributed by atoms with Crippen molar-refractivity contribution in [3.8, 4) is 0 Å². The molecule has 0 radical (unpaired) electrons. The van der Waals surface area contributed by atoms with Crippen molar-refractivity contribution in [2.75, 3.05) is 12.0 Å². The van der Waals surface area contributed by atoms with E-state index in [9.17, 15) is 19.5 Å². The van der Waals surface area contributed by atoms with E-state index in [-0.39, 0.29) is 17.6 Å². The first-order chi connectivity index (χ1) is 12.2. The standard InChI is InChI=1S/C19H28N2O4S/c1-12(2)9-16(19(24)25)20-10-14-5-7-15(8-6-14)18(23)21-17(11-26-4)13(3)22/h5-8,12,16-17,20H,9-11H2,1-4H3,(H,21,23)(H,24,25)/t16-,17?/m0/s1. The van der Waals surface area contributed by atoms with E-state index in [1.54, 1.807) is 24.3 Å². The molecule has 3 N–H and O–H groups in total. The second kappa shape index (κ2) is 11.0. The molecule has 1 rings (SSSR count). The van der Waals surface area contributed by atoms with Crippen LogP contribution in [0, 0.1) is 5.92 Å². The summed E-state index contributed by atoms with van der Waals surface area (Å²) in [5, 5.41) is 15.0. The third kappa shape index (κ3) is 7.58. The Balaban J connectivity index is 2.65. The van der Waals surface area contributed by atoms with Crippen LogP contribution in [-0.4, -0.2) is 46.9 Å². The average Bonchev–Trinajstić information content (AvgIpc) is 2.57. The van der Waals surface area contributed by atoms with Gasteiger partial charge in [-0.05, 0) is 43.2 Å². The molecule has 0 saturated carbocycles. The summed E-state index contributed by atoms with van der Waals surface area (Å²) < 4.78 is 0. The van der Waals surface area contributed by atoms with Gasteiger partial charge >= 0.3 is 5.97 Å². The second-order valence-electron chi connectivity index (χ2n) is 6.69. The molecule has 1 aromatic carbocycles. The highest BCUT2D eigenvalue weighted by Gasteiger charge is 2.19. The van der Waals surface area contributed by atoms with Crippen LogP contribution in [0.25, 0.3) is 0 Å². The third-order valence-electron chi connectivity index (χ3n) is 3.90. The first-order valence-corrected chi connectivity index (χ1v) is 9.99. The van der Waals surface area contributed by atoms with Crippen LogP contribution in [-0.2, 0) is 16.1 Å². The minimum atomic E-state index is -0.862. The highest BCUT2D eigenvalue weighted by molar-refractivity contribution is 7.98. The lowest BCUT2D eigenvalue weighted by Gasteiger charge is -2.17. The van der Waals surface area contributed by atoms with Crippen molar-refractivity contribution in [3.05, 3.63) is 35.4 Å². The van der Waals surface area contributed by atoms with Crippen LogP contribution in [0.15, 0.2) is 24.3 Å². The maximum Gasteiger partial charge on any atom is 0.320 e. The molecule has 0 aliphatic rings. The molecule has 0 heterocycles. The van der Waals surface area contributed by atoms with Gasteiger partial charge in [0.15, 0.2) is 5.78 Å². The van der Waals surface area contributed by atoms with Gasteiger partial charge in [-0.25, -0.2) is 0 Å². The van der Waals surface area contributed by atoms with Crippen molar-refractivity contribution in [3.63, 3.8) is 0 Å². The van der Waals surface area contributed by atoms with Crippen molar-refractivity contribution in [2.24, 2.45) is 5.92 Å². The number of rotatable bonds is 11. The Morgan fingerprint density at radius 2 is 1.73 bits per heavy atom. The molecule has 6 nitrogen and oxygen atoms in total. The monoisotopic (exact) mass is 380 g/mol. The number of thioether (sulfide) groups is 1. The molecule has 1 amide bonds. The summed E-state index contributed by atoms with van der Waals surface area (Å²) in [6.07, 6.45) is 2.44. The second-order valence-corrected chi connectivity index (χ2v) is 7.60. The van der Waals surface area contributed by atoms with Crippen LogP contribution < -0.4 is 10.6 Å². The van der Waals surface area contributed by atoms with Gasteiger partial charge in [-0.15, -0.1) is 0 Å². The summed E-state index contributed by atoms with van der Waals surface area (Å²) >= 11 is 1.50. The number of nitrogens with one attached hydrogen (secondary N) is 2. The van der Waals surface area contributed by atoms with Crippen molar-refractivity contribution in [1.82, 2.24) is 10.6 Å². The van der Waals surface area contributed by atoms with Crippen LogP contribution in [0.5, 0.6) is 0 Å². The van der Waals surface area contributed by atoms with E-state index in [0.717, 1.165) is 5.56 Å². The van der Waals surface area contributed by atoms with Gasteiger partial charge in [0.2, 0.25) is 0 Å². The summed E-state index contributed by atoms with van der Waals surface area (Å²) in [7, 11) is 0. The molecule has 0 bridgehead atoms. The number of Topliss-reactive ketones (excluding diaryl/α,β-unsaturated/α-hetero) is 1. The maximum atomic E-state index is 12.3. The van der Waals surface area contributed by atoms with E-state index < -0.39 is 18.1 Å². The van der Waals surface area contributed by atoms with Gasteiger partial charge in [-0.1, -0.05) is 26.0 Å². The topological polar surface area (TPSA) is 95.5 Å². The molecule has 1 aromatic rings. The smallest absolute Gasteiger partial charge is 0.320 e. The highest BCUT2D eigenvalue weighted by Crippen LogP contribution is 2.09. The van der Waals surface area contributed by atoms with Gasteiger partial charge in [0.1, 0.15) is 6.04 Å². The number of aliphatic carboxylic acids is 1. The highest BCUT2D eigenvalue weighted by atomic mass is 32.2. The molecule has 2 atom stereocenters. The quantitative estimate of drug-likeness (QED) is 0.545. The third-order valence-corrected chi connectivity index (χ3v) is 4.57. The van der Waals surface area contributed by atoms with Gasteiger partial charge in [0.25, 0.3) is 5.91 Å². The number of carbonyl (C=O) groups is 3. The number of benzene rings is 1. The number of carbonyl (C=O) groups excluding carboxylic acids is 2. The van der Waals surface area contributed by atoms with E-state index in [2.05, 4.69) is 10.6 Å². The molecular formula is C19H28N2O4S. The van der Waals surface area contributed by atoms with E-state index in [4.69, 9.17) is 0 Å². The average molecular weight is 381 g/mol. The van der Waals surface area contributed by atoms with Crippen molar-refractivity contribution < 1.29 is 19.5 Å². The minimum Gasteiger partial charge on any atom is -0.480 e. The van der Waals surface area contributed by atoms with Crippen LogP contribution in [0.4, 0.5) is 0 Å². The molecule has 7 heteroatoms. The summed E-state index contributed by atoms with van der Waals surface area (Å²) in [6.45, 7) is 5.84. The molecule has 0 saturated heterocycles. The lowest BCUT2D eigenvalue weighted by molar-refractivity contribution is -0.140. The first-order valence-electron chi connectivity index (χ1n) is 8.60. The molecule has 0 aliphatic carbocycles. The molecular weight excluding hydrogens is 352 g/mol. The van der Waals surface area contributed by atoms with Crippen LogP contribution in [0.1, 0.15) is 43.1 Å². The summed E-state index contributed by atoms with van der Waals surface area (Å²) in [4.78, 5) is 35.1. The SMILES string of the molecule is CSCC(NC(=O)c1ccc(CN[C@@H](CC(C)C)C(=O)O)cc1)C(C)=O. The number of carboxylic acid groups (broad SMARTS) is 1. The minimum absolute atomic E-state index is 0.0709. The Morgan fingerprint density at radius 1 is 1.12 bits per heavy atom. The van der Waals surface area contributed by atoms with Gasteiger partial charge in [0, 0.05) is 17.9 Å². The Morgan fingerprint density at radius 3 is 2.19 bits per heavy atom. The largest absolute Gasteiger partial charge is 0.480 e. The maximum absolute atomic E-state index is 12.3. The summed E-state index contributed by atoms with van der Waals surface area (Å²) in [5.74, 6) is -0.403. The van der Waals surface area contributed by atoms with Crippen LogP contribution in [0.2, 0.25) is 0 Å². The first kappa shape index (κ1) is 22.2. The summed E-state index contributed by atoms with van der Waals surface area (Å²) in [6, 6.07) is 5.84. The van der Waals surface area contributed by atoms with Crippen LogP contribution in [0.3, 0.4) is 0 Å². The normalized spacial score (nSPS) is 13.3. The zero-order chi connectivity index (χ0) is 19.7. The van der Waals surface area contributed by atoms with E-state index in [0.29, 0.717) is 24.3 Å². The van der Waals surface area contributed by atoms with Crippen molar-refractivity contribution in [2.45, 2.75) is 45.8 Å². The Kier molecular flexibility index (Phi) is 9.37. The number of ketones is 1. The predicted octanol–water partition coefficient (Wildman–Crippen LogP) is 2.33. The predicted molar refractivity (Wildman–Crippen MR) is 104 cm³/mol. The van der Waals surface area contributed by atoms with Gasteiger partial charge < -0.3 is 15.7 Å². The lowest BCUT2D eigenvalue weighted by Crippen LogP contribution is -2.41. The zero-order valence-electron chi connectivity index (χ0n) is 15.7. The van der Waals surface area contributed by atoms with E-state index in [1.165, 1.54) is 18.7 Å². The molecule has 0 aromatic heterocycles. The van der Waals surface area contributed by atoms with Gasteiger partial charge in [-0.2, -0.15) is 11.8 Å². The fraction of sp³-hybridized carbons (Fsp3) is 0.526. The Hall–Kier alpha value is -1.86. The number of hydrogen-bond donors (Lipinski definition) is 3. The number of carboxylic acids is 1. The fourth-order valence-corrected chi connectivity index (χ4v) is 3.08. The lowest BCUT2D eigenvalue weighted by atomic mass is 10.0. The summed E-state index contributed by atoms with van der Waals surface area (Å²) in [5.41, 5.74) is 1.36.